The van der Waals surface area contributed by atoms with Crippen molar-refractivity contribution in [2.75, 3.05) is 31.1 Å². The monoisotopic (exact) mass is 453 g/mol. The third kappa shape index (κ3) is 5.70. The van der Waals surface area contributed by atoms with Gasteiger partial charge in [-0.15, -0.1) is 24.8 Å². The van der Waals surface area contributed by atoms with Gasteiger partial charge in [-0.05, 0) is 49.8 Å². The van der Waals surface area contributed by atoms with Gasteiger partial charge < -0.3 is 15.1 Å². The molecule has 0 aromatic heterocycles. The van der Waals surface area contributed by atoms with E-state index in [0.29, 0.717) is 56.3 Å². The van der Waals surface area contributed by atoms with Crippen LogP contribution in [-0.2, 0) is 11.0 Å². The van der Waals surface area contributed by atoms with Crippen LogP contribution in [0.5, 0.6) is 0 Å². The zero-order valence-electron chi connectivity index (χ0n) is 16.2. The van der Waals surface area contributed by atoms with Crippen LogP contribution in [0.15, 0.2) is 24.3 Å². The molecule has 3 aliphatic heterocycles. The second-order valence-corrected chi connectivity index (χ2v) is 8.10. The van der Waals surface area contributed by atoms with Gasteiger partial charge in [-0.1, -0.05) is 6.07 Å². The van der Waals surface area contributed by atoms with Gasteiger partial charge in [-0.25, -0.2) is 0 Å². The van der Waals surface area contributed by atoms with Gasteiger partial charge in [-0.2, -0.15) is 13.2 Å². The van der Waals surface area contributed by atoms with Crippen molar-refractivity contribution in [1.29, 1.82) is 0 Å². The van der Waals surface area contributed by atoms with Crippen molar-refractivity contribution in [1.82, 2.24) is 10.2 Å². The van der Waals surface area contributed by atoms with Crippen LogP contribution in [0, 0.1) is 5.92 Å². The number of piperazine rings is 1. The summed E-state index contributed by atoms with van der Waals surface area (Å²) in [6.45, 7) is 2.30. The number of alkyl halides is 3. The molecule has 4 nitrogen and oxygen atoms in total. The number of carbonyl (C=O) groups excluding carboxylic acids is 1. The maximum absolute atomic E-state index is 12.9. The van der Waals surface area contributed by atoms with Crippen molar-refractivity contribution in [2.24, 2.45) is 5.92 Å². The highest BCUT2D eigenvalue weighted by atomic mass is 35.5. The van der Waals surface area contributed by atoms with Gasteiger partial charge in [0.05, 0.1) is 5.56 Å². The van der Waals surface area contributed by atoms with Gasteiger partial charge in [0.2, 0.25) is 5.91 Å². The summed E-state index contributed by atoms with van der Waals surface area (Å²) in [4.78, 5) is 16.5. The van der Waals surface area contributed by atoms with E-state index in [0.717, 1.165) is 18.9 Å². The number of halogens is 5. The molecule has 4 rings (SSSR count). The molecule has 0 saturated carbocycles. The number of nitrogens with zero attached hydrogens (tertiary/aromatic N) is 2. The number of hydrogen-bond donors (Lipinski definition) is 1. The highest BCUT2D eigenvalue weighted by Gasteiger charge is 2.35. The lowest BCUT2D eigenvalue weighted by atomic mass is 9.89. The van der Waals surface area contributed by atoms with Crippen LogP contribution in [-0.4, -0.2) is 49.1 Å². The van der Waals surface area contributed by atoms with E-state index in [9.17, 15) is 18.0 Å². The average Bonchev–Trinajstić information content (AvgIpc) is 2.99. The van der Waals surface area contributed by atoms with Crippen LogP contribution in [0.2, 0.25) is 0 Å². The Kier molecular flexibility index (Phi) is 8.10. The zero-order valence-corrected chi connectivity index (χ0v) is 17.8. The summed E-state index contributed by atoms with van der Waals surface area (Å²) in [5, 5.41) is 3.60. The van der Waals surface area contributed by atoms with Crippen molar-refractivity contribution in [3.05, 3.63) is 29.8 Å². The lowest BCUT2D eigenvalue weighted by Crippen LogP contribution is -2.49. The molecular weight excluding hydrogens is 426 g/mol. The lowest BCUT2D eigenvalue weighted by molar-refractivity contribution is -0.137. The number of rotatable bonds is 3. The van der Waals surface area contributed by atoms with Crippen molar-refractivity contribution >= 4 is 36.4 Å². The Hall–Kier alpha value is -1.18. The molecular formula is C20H28Cl2F3N3O. The van der Waals surface area contributed by atoms with E-state index >= 15 is 0 Å². The molecule has 2 bridgehead atoms. The summed E-state index contributed by atoms with van der Waals surface area (Å²) < 4.78 is 38.7. The summed E-state index contributed by atoms with van der Waals surface area (Å²) >= 11 is 0. The molecule has 3 fully saturated rings. The van der Waals surface area contributed by atoms with Crippen LogP contribution in [0.25, 0.3) is 0 Å². The summed E-state index contributed by atoms with van der Waals surface area (Å²) in [6, 6.07) is 6.61. The first-order valence-electron chi connectivity index (χ1n) is 9.84. The number of piperidine rings is 1. The molecule has 1 aromatic rings. The van der Waals surface area contributed by atoms with Crippen LogP contribution in [0.1, 0.15) is 37.7 Å². The van der Waals surface area contributed by atoms with E-state index in [1.165, 1.54) is 25.0 Å². The standard InChI is InChI=1S/C20H26F3N3O.2ClH/c21-20(22,23)15-2-1-3-18(13-15)25-6-8-26(9-7-25)19(27)12-14-10-16-4-5-17(11-14)24-16;;/h1-3,13-14,16-17,24H,4-12H2;2*1H. The maximum atomic E-state index is 12.9. The minimum absolute atomic E-state index is 0. The average molecular weight is 454 g/mol. The Morgan fingerprint density at radius 1 is 1.03 bits per heavy atom. The Morgan fingerprint density at radius 3 is 2.24 bits per heavy atom. The number of anilines is 1. The predicted molar refractivity (Wildman–Crippen MR) is 112 cm³/mol. The molecule has 1 amide bonds. The summed E-state index contributed by atoms with van der Waals surface area (Å²) in [6.07, 6.45) is 0.912. The van der Waals surface area contributed by atoms with Gasteiger partial charge in [-0.3, -0.25) is 4.79 Å². The molecule has 1 N–H and O–H groups in total. The molecule has 0 radical (unpaired) electrons. The minimum atomic E-state index is -4.33. The summed E-state index contributed by atoms with van der Waals surface area (Å²) in [7, 11) is 0. The first-order valence-corrected chi connectivity index (χ1v) is 9.84. The van der Waals surface area contributed by atoms with E-state index in [-0.39, 0.29) is 30.7 Å². The molecule has 0 spiro atoms. The molecule has 3 heterocycles. The second-order valence-electron chi connectivity index (χ2n) is 8.10. The fraction of sp³-hybridized carbons (Fsp3) is 0.650. The van der Waals surface area contributed by atoms with Crippen LogP contribution in [0.3, 0.4) is 0 Å². The first kappa shape index (κ1) is 24.1. The number of hydrogen-bond acceptors (Lipinski definition) is 3. The highest BCUT2D eigenvalue weighted by molar-refractivity contribution is 5.85. The molecule has 2 unspecified atom stereocenters. The van der Waals surface area contributed by atoms with E-state index in [1.807, 2.05) is 9.80 Å². The van der Waals surface area contributed by atoms with E-state index in [4.69, 9.17) is 0 Å². The Labute approximate surface area is 182 Å². The predicted octanol–water partition coefficient (Wildman–Crippen LogP) is 4.12. The van der Waals surface area contributed by atoms with Gasteiger partial charge in [0.1, 0.15) is 0 Å². The fourth-order valence-electron chi connectivity index (χ4n) is 4.81. The molecule has 2 atom stereocenters. The van der Waals surface area contributed by atoms with Crippen LogP contribution >= 0.6 is 24.8 Å². The SMILES string of the molecule is Cl.Cl.O=C(CC1CC2CCC(C1)N2)N1CCN(c2cccc(C(F)(F)F)c2)CC1. The van der Waals surface area contributed by atoms with Crippen molar-refractivity contribution < 1.29 is 18.0 Å². The molecule has 3 saturated heterocycles. The number of benzene rings is 1. The number of fused-ring (bicyclic) bond motifs is 2. The van der Waals surface area contributed by atoms with Gasteiger partial charge in [0.15, 0.2) is 0 Å². The van der Waals surface area contributed by atoms with Gasteiger partial charge >= 0.3 is 6.18 Å². The topological polar surface area (TPSA) is 35.6 Å². The van der Waals surface area contributed by atoms with E-state index in [2.05, 4.69) is 5.32 Å². The number of nitrogens with one attached hydrogen (secondary N) is 1. The van der Waals surface area contributed by atoms with Crippen LogP contribution < -0.4 is 10.2 Å². The smallest absolute Gasteiger partial charge is 0.368 e. The Balaban J connectivity index is 0.00000150. The van der Waals surface area contributed by atoms with Crippen LogP contribution in [0.4, 0.5) is 18.9 Å². The number of amides is 1. The van der Waals surface area contributed by atoms with Gasteiger partial charge in [0.25, 0.3) is 0 Å². The highest BCUT2D eigenvalue weighted by Crippen LogP contribution is 2.34. The largest absolute Gasteiger partial charge is 0.416 e. The third-order valence-corrected chi connectivity index (χ3v) is 6.20. The van der Waals surface area contributed by atoms with Crippen molar-refractivity contribution in [3.63, 3.8) is 0 Å². The van der Waals surface area contributed by atoms with E-state index < -0.39 is 11.7 Å². The maximum Gasteiger partial charge on any atom is 0.416 e. The third-order valence-electron chi connectivity index (χ3n) is 6.20. The lowest BCUT2D eigenvalue weighted by Gasteiger charge is -2.37. The quantitative estimate of drug-likeness (QED) is 0.747. The molecule has 3 aliphatic rings. The normalized spacial score (nSPS) is 26.5. The second kappa shape index (κ2) is 9.75. The number of carbonyl (C=O) groups is 1. The Morgan fingerprint density at radius 2 is 1.66 bits per heavy atom. The molecule has 0 aliphatic carbocycles. The van der Waals surface area contributed by atoms with E-state index in [1.54, 1.807) is 6.07 Å². The molecule has 29 heavy (non-hydrogen) atoms. The molecule has 9 heteroatoms. The summed E-state index contributed by atoms with van der Waals surface area (Å²) in [5.41, 5.74) is -0.0501. The van der Waals surface area contributed by atoms with Crippen molar-refractivity contribution in [3.8, 4) is 0 Å². The molecule has 1 aromatic carbocycles. The fourth-order valence-corrected chi connectivity index (χ4v) is 4.81. The first-order chi connectivity index (χ1) is 12.9. The Bertz CT molecular complexity index is 684. The van der Waals surface area contributed by atoms with Crippen molar-refractivity contribution in [2.45, 2.75) is 50.4 Å². The summed E-state index contributed by atoms with van der Waals surface area (Å²) in [5.74, 6) is 0.669. The zero-order chi connectivity index (χ0) is 19.0. The molecule has 164 valence electrons. The van der Waals surface area contributed by atoms with Gasteiger partial charge in [0, 0.05) is 50.4 Å². The minimum Gasteiger partial charge on any atom is -0.368 e.